The van der Waals surface area contributed by atoms with Crippen molar-refractivity contribution in [2.24, 2.45) is 0 Å². The molecule has 2 aromatic heterocycles. The van der Waals surface area contributed by atoms with E-state index in [0.29, 0.717) is 22.9 Å². The Morgan fingerprint density at radius 1 is 1.07 bits per heavy atom. The smallest absolute Gasteiger partial charge is 0.257 e. The molecule has 0 radical (unpaired) electrons. The highest BCUT2D eigenvalue weighted by molar-refractivity contribution is 9.10. The Labute approximate surface area is 169 Å². The van der Waals surface area contributed by atoms with Gasteiger partial charge in [0.2, 0.25) is 5.88 Å². The first-order valence-corrected chi connectivity index (χ1v) is 9.15. The van der Waals surface area contributed by atoms with E-state index in [4.69, 9.17) is 4.74 Å². The molecule has 0 fully saturated rings. The molecule has 0 bridgehead atoms. The van der Waals surface area contributed by atoms with Crippen LogP contribution in [0.2, 0.25) is 0 Å². The van der Waals surface area contributed by atoms with E-state index in [1.54, 1.807) is 35.3 Å². The summed E-state index contributed by atoms with van der Waals surface area (Å²) in [7, 11) is 0. The number of nitrogens with zero attached hydrogens (tertiary/aromatic N) is 4. The van der Waals surface area contributed by atoms with E-state index < -0.39 is 0 Å². The number of pyridine rings is 1. The summed E-state index contributed by atoms with van der Waals surface area (Å²) in [5.41, 5.74) is 1.75. The third-order valence-corrected chi connectivity index (χ3v) is 4.33. The maximum atomic E-state index is 12.6. The molecule has 0 atom stereocenters. The molecule has 0 aliphatic carbocycles. The Morgan fingerprint density at radius 3 is 2.71 bits per heavy atom. The lowest BCUT2D eigenvalue weighted by molar-refractivity contribution is 0.102. The maximum Gasteiger partial charge on any atom is 0.257 e. The molecule has 1 amide bonds. The number of rotatable bonds is 5. The van der Waals surface area contributed by atoms with Crippen LogP contribution >= 0.6 is 15.9 Å². The number of aromatic nitrogens is 4. The second-order valence-electron chi connectivity index (χ2n) is 5.76. The summed E-state index contributed by atoms with van der Waals surface area (Å²) in [6.07, 6.45) is 4.76. The topological polar surface area (TPSA) is 81.9 Å². The molecule has 4 aromatic rings. The Kier molecular flexibility index (Phi) is 5.11. The average molecular weight is 436 g/mol. The molecule has 8 heteroatoms. The minimum absolute atomic E-state index is 0.283. The standard InChI is InChI=1S/C20H14BrN5O2/c21-15-4-3-5-16(12-15)28-19-9-8-14(13-22-19)20(27)24-17-6-1-2-7-18(17)26-11-10-23-25-26/h1-13H,(H,24,27). The Morgan fingerprint density at radius 2 is 1.96 bits per heavy atom. The first-order chi connectivity index (χ1) is 13.7. The fraction of sp³-hybridized carbons (Fsp3) is 0. The largest absolute Gasteiger partial charge is 0.439 e. The lowest BCUT2D eigenvalue weighted by Crippen LogP contribution is -2.14. The van der Waals surface area contributed by atoms with E-state index in [1.165, 1.54) is 6.20 Å². The van der Waals surface area contributed by atoms with Crippen molar-refractivity contribution in [2.75, 3.05) is 5.32 Å². The third kappa shape index (κ3) is 4.07. The molecule has 2 aromatic carbocycles. The highest BCUT2D eigenvalue weighted by atomic mass is 79.9. The van der Waals surface area contributed by atoms with Gasteiger partial charge >= 0.3 is 0 Å². The van der Waals surface area contributed by atoms with Gasteiger partial charge in [-0.3, -0.25) is 4.79 Å². The van der Waals surface area contributed by atoms with Gasteiger partial charge in [0.1, 0.15) is 5.75 Å². The lowest BCUT2D eigenvalue weighted by Gasteiger charge is -2.11. The van der Waals surface area contributed by atoms with Crippen LogP contribution in [0.4, 0.5) is 5.69 Å². The van der Waals surface area contributed by atoms with Gasteiger partial charge < -0.3 is 10.1 Å². The number of benzene rings is 2. The molecule has 0 saturated carbocycles. The molecule has 0 aliphatic heterocycles. The zero-order chi connectivity index (χ0) is 19.3. The predicted octanol–water partition coefficient (Wildman–Crippen LogP) is 4.47. The summed E-state index contributed by atoms with van der Waals surface area (Å²) in [6.45, 7) is 0. The summed E-state index contributed by atoms with van der Waals surface area (Å²) in [5, 5.41) is 10.6. The van der Waals surface area contributed by atoms with Crippen molar-refractivity contribution >= 4 is 27.5 Å². The van der Waals surface area contributed by atoms with E-state index in [2.05, 4.69) is 36.5 Å². The van der Waals surface area contributed by atoms with Crippen LogP contribution in [0.1, 0.15) is 10.4 Å². The van der Waals surface area contributed by atoms with E-state index in [-0.39, 0.29) is 5.91 Å². The minimum atomic E-state index is -0.283. The van der Waals surface area contributed by atoms with Crippen LogP contribution in [0.15, 0.2) is 83.7 Å². The number of carbonyl (C=O) groups is 1. The number of hydrogen-bond donors (Lipinski definition) is 1. The summed E-state index contributed by atoms with van der Waals surface area (Å²) < 4.78 is 8.18. The molecule has 0 saturated heterocycles. The highest BCUT2D eigenvalue weighted by Crippen LogP contribution is 2.23. The molecule has 0 aliphatic rings. The van der Waals surface area contributed by atoms with Gasteiger partial charge in [0.05, 0.1) is 29.3 Å². The van der Waals surface area contributed by atoms with Crippen molar-refractivity contribution in [3.05, 3.63) is 89.3 Å². The minimum Gasteiger partial charge on any atom is -0.439 e. The average Bonchev–Trinajstić information content (AvgIpc) is 3.24. The Balaban J connectivity index is 1.49. The molecule has 4 rings (SSSR count). The third-order valence-electron chi connectivity index (χ3n) is 3.84. The van der Waals surface area contributed by atoms with E-state index in [1.807, 2.05) is 42.5 Å². The highest BCUT2D eigenvalue weighted by Gasteiger charge is 2.11. The van der Waals surface area contributed by atoms with Gasteiger partial charge in [-0.1, -0.05) is 39.3 Å². The van der Waals surface area contributed by atoms with Crippen LogP contribution in [-0.2, 0) is 0 Å². The zero-order valence-electron chi connectivity index (χ0n) is 14.5. The van der Waals surface area contributed by atoms with Crippen LogP contribution in [0, 0.1) is 0 Å². The van der Waals surface area contributed by atoms with E-state index >= 15 is 0 Å². The number of halogens is 1. The van der Waals surface area contributed by atoms with Crippen LogP contribution in [-0.4, -0.2) is 25.9 Å². The van der Waals surface area contributed by atoms with Crippen molar-refractivity contribution < 1.29 is 9.53 Å². The predicted molar refractivity (Wildman–Crippen MR) is 108 cm³/mol. The van der Waals surface area contributed by atoms with Gasteiger partial charge in [-0.2, -0.15) is 0 Å². The van der Waals surface area contributed by atoms with E-state index in [9.17, 15) is 4.79 Å². The first kappa shape index (κ1) is 17.9. The van der Waals surface area contributed by atoms with Crippen LogP contribution < -0.4 is 10.1 Å². The molecular formula is C20H14BrN5O2. The molecule has 0 unspecified atom stereocenters. The van der Waals surface area contributed by atoms with Crippen LogP contribution in [0.3, 0.4) is 0 Å². The van der Waals surface area contributed by atoms with Crippen LogP contribution in [0.5, 0.6) is 11.6 Å². The second-order valence-corrected chi connectivity index (χ2v) is 6.68. The maximum absolute atomic E-state index is 12.6. The van der Waals surface area contributed by atoms with Gasteiger partial charge in [-0.15, -0.1) is 5.10 Å². The summed E-state index contributed by atoms with van der Waals surface area (Å²) in [4.78, 5) is 16.8. The zero-order valence-corrected chi connectivity index (χ0v) is 16.1. The van der Waals surface area contributed by atoms with Crippen molar-refractivity contribution in [1.82, 2.24) is 20.0 Å². The van der Waals surface area contributed by atoms with Gasteiger partial charge in [-0.05, 0) is 36.4 Å². The van der Waals surface area contributed by atoms with Gasteiger partial charge in [0.25, 0.3) is 5.91 Å². The lowest BCUT2D eigenvalue weighted by atomic mass is 10.2. The monoisotopic (exact) mass is 435 g/mol. The molecule has 7 nitrogen and oxygen atoms in total. The van der Waals surface area contributed by atoms with Crippen molar-refractivity contribution in [3.8, 4) is 17.3 Å². The number of carbonyl (C=O) groups excluding carboxylic acids is 1. The Bertz CT molecular complexity index is 1100. The van der Waals surface area contributed by atoms with Gasteiger partial charge in [0.15, 0.2) is 0 Å². The van der Waals surface area contributed by atoms with Gasteiger partial charge in [0, 0.05) is 16.7 Å². The SMILES string of the molecule is O=C(Nc1ccccc1-n1ccnn1)c1ccc(Oc2cccc(Br)c2)nc1. The number of ether oxygens (including phenoxy) is 1. The second kappa shape index (κ2) is 8.01. The molecule has 28 heavy (non-hydrogen) atoms. The van der Waals surface area contributed by atoms with Crippen molar-refractivity contribution in [2.45, 2.75) is 0 Å². The van der Waals surface area contributed by atoms with Crippen molar-refractivity contribution in [1.29, 1.82) is 0 Å². The molecule has 2 heterocycles. The number of para-hydroxylation sites is 2. The normalized spacial score (nSPS) is 10.5. The number of anilines is 1. The number of nitrogens with one attached hydrogen (secondary N) is 1. The number of amides is 1. The molecule has 138 valence electrons. The molecule has 1 N–H and O–H groups in total. The Hall–Kier alpha value is -3.52. The first-order valence-electron chi connectivity index (χ1n) is 8.35. The molecule has 0 spiro atoms. The summed E-state index contributed by atoms with van der Waals surface area (Å²) >= 11 is 3.39. The summed E-state index contributed by atoms with van der Waals surface area (Å²) in [6, 6.07) is 18.1. The van der Waals surface area contributed by atoms with Crippen molar-refractivity contribution in [3.63, 3.8) is 0 Å². The number of hydrogen-bond acceptors (Lipinski definition) is 5. The van der Waals surface area contributed by atoms with Gasteiger partial charge in [-0.25, -0.2) is 9.67 Å². The fourth-order valence-corrected chi connectivity index (χ4v) is 2.91. The molecular weight excluding hydrogens is 422 g/mol. The fourth-order valence-electron chi connectivity index (χ4n) is 2.54. The van der Waals surface area contributed by atoms with Crippen LogP contribution in [0.25, 0.3) is 5.69 Å². The van der Waals surface area contributed by atoms with E-state index in [0.717, 1.165) is 10.2 Å². The quantitative estimate of drug-likeness (QED) is 0.499. The summed E-state index contributed by atoms with van der Waals surface area (Å²) in [5.74, 6) is 0.771.